The van der Waals surface area contributed by atoms with Gasteiger partial charge in [-0.05, 0) is 44.0 Å². The Balaban J connectivity index is 1.53. The van der Waals surface area contributed by atoms with Crippen LogP contribution in [0.4, 0.5) is 16.3 Å². The molecule has 2 heterocycles. The Morgan fingerprint density at radius 1 is 1.24 bits per heavy atom. The Morgan fingerprint density at radius 3 is 2.66 bits per heavy atom. The third-order valence-corrected chi connectivity index (χ3v) is 4.69. The van der Waals surface area contributed by atoms with Gasteiger partial charge in [0, 0.05) is 25.3 Å². The summed E-state index contributed by atoms with van der Waals surface area (Å²) in [7, 11) is 0. The van der Waals surface area contributed by atoms with Crippen molar-refractivity contribution < 1.29 is 14.3 Å². The summed E-state index contributed by atoms with van der Waals surface area (Å²) in [6.45, 7) is 3.25. The van der Waals surface area contributed by atoms with Crippen LogP contribution in [-0.2, 0) is 4.74 Å². The van der Waals surface area contributed by atoms with Crippen LogP contribution >= 0.6 is 0 Å². The van der Waals surface area contributed by atoms with Gasteiger partial charge in [-0.15, -0.1) is 0 Å². The summed E-state index contributed by atoms with van der Waals surface area (Å²) in [5.41, 5.74) is 1.63. The minimum absolute atomic E-state index is 0.00786. The average Bonchev–Trinajstić information content (AvgIpc) is 2.75. The number of hydrogen-bond acceptors (Lipinski definition) is 6. The monoisotopic (exact) mass is 393 g/mol. The molecule has 3 rings (SSSR count). The van der Waals surface area contributed by atoms with E-state index in [4.69, 9.17) is 10.00 Å². The number of likely N-dealkylation sites (tertiary alicyclic amines) is 1. The third-order valence-electron chi connectivity index (χ3n) is 4.69. The van der Waals surface area contributed by atoms with E-state index in [1.807, 2.05) is 6.07 Å². The molecule has 1 aromatic carbocycles. The SMILES string of the molecule is CCOC(=O)N1CCC(NC(=O)c2ccc(Nc3ccccc3C#N)nc2)CC1. The predicted molar refractivity (Wildman–Crippen MR) is 108 cm³/mol. The number of amides is 2. The summed E-state index contributed by atoms with van der Waals surface area (Å²) in [4.78, 5) is 30.1. The number of anilines is 2. The Labute approximate surface area is 169 Å². The van der Waals surface area contributed by atoms with E-state index in [-0.39, 0.29) is 18.0 Å². The first-order valence-electron chi connectivity index (χ1n) is 9.55. The number of aromatic nitrogens is 1. The fourth-order valence-electron chi connectivity index (χ4n) is 3.12. The number of nitriles is 1. The van der Waals surface area contributed by atoms with E-state index >= 15 is 0 Å². The molecule has 2 aromatic rings. The lowest BCUT2D eigenvalue weighted by atomic mass is 10.0. The molecule has 0 aliphatic carbocycles. The third kappa shape index (κ3) is 5.23. The van der Waals surface area contributed by atoms with Crippen molar-refractivity contribution >= 4 is 23.5 Å². The molecular formula is C21H23N5O3. The molecule has 2 amide bonds. The predicted octanol–water partition coefficient (Wildman–Crippen LogP) is 3.05. The van der Waals surface area contributed by atoms with Gasteiger partial charge in [0.05, 0.1) is 23.4 Å². The van der Waals surface area contributed by atoms with Crippen molar-refractivity contribution in [3.8, 4) is 6.07 Å². The van der Waals surface area contributed by atoms with Crippen molar-refractivity contribution in [1.82, 2.24) is 15.2 Å². The van der Waals surface area contributed by atoms with Crippen molar-refractivity contribution in [2.45, 2.75) is 25.8 Å². The van der Waals surface area contributed by atoms with Crippen molar-refractivity contribution in [1.29, 1.82) is 5.26 Å². The van der Waals surface area contributed by atoms with Crippen LogP contribution < -0.4 is 10.6 Å². The lowest BCUT2D eigenvalue weighted by Crippen LogP contribution is -2.46. The molecule has 0 spiro atoms. The number of nitrogens with zero attached hydrogens (tertiary/aromatic N) is 3. The van der Waals surface area contributed by atoms with Crippen molar-refractivity contribution in [2.75, 3.05) is 25.0 Å². The van der Waals surface area contributed by atoms with Crippen LogP contribution in [0.25, 0.3) is 0 Å². The van der Waals surface area contributed by atoms with Gasteiger partial charge in [0.2, 0.25) is 0 Å². The maximum Gasteiger partial charge on any atom is 0.409 e. The van der Waals surface area contributed by atoms with Crippen molar-refractivity contribution in [2.24, 2.45) is 0 Å². The van der Waals surface area contributed by atoms with E-state index in [0.717, 1.165) is 0 Å². The Hall–Kier alpha value is -3.60. The lowest BCUT2D eigenvalue weighted by Gasteiger charge is -2.31. The number of nitrogens with one attached hydrogen (secondary N) is 2. The van der Waals surface area contributed by atoms with Crippen molar-refractivity contribution in [3.63, 3.8) is 0 Å². The second kappa shape index (κ2) is 9.55. The molecule has 1 aliphatic rings. The van der Waals surface area contributed by atoms with Gasteiger partial charge < -0.3 is 20.3 Å². The summed E-state index contributed by atoms with van der Waals surface area (Å²) in [6.07, 6.45) is 2.56. The Bertz CT molecular complexity index is 899. The van der Waals surface area contributed by atoms with Crippen LogP contribution in [0.1, 0.15) is 35.7 Å². The second-order valence-corrected chi connectivity index (χ2v) is 6.65. The smallest absolute Gasteiger partial charge is 0.409 e. The van der Waals surface area contributed by atoms with Gasteiger partial charge >= 0.3 is 6.09 Å². The number of piperidine rings is 1. The van der Waals surface area contributed by atoms with E-state index in [1.165, 1.54) is 6.20 Å². The maximum atomic E-state index is 12.5. The zero-order valence-electron chi connectivity index (χ0n) is 16.2. The van der Waals surface area contributed by atoms with Crippen LogP contribution in [0.5, 0.6) is 0 Å². The number of benzene rings is 1. The molecule has 29 heavy (non-hydrogen) atoms. The molecule has 0 atom stereocenters. The highest BCUT2D eigenvalue weighted by molar-refractivity contribution is 5.94. The fourth-order valence-corrected chi connectivity index (χ4v) is 3.12. The first-order chi connectivity index (χ1) is 14.1. The van der Waals surface area contributed by atoms with Gasteiger partial charge in [0.1, 0.15) is 11.9 Å². The molecule has 0 radical (unpaired) electrons. The van der Waals surface area contributed by atoms with Gasteiger partial charge in [-0.1, -0.05) is 12.1 Å². The van der Waals surface area contributed by atoms with Crippen LogP contribution in [-0.4, -0.2) is 47.6 Å². The number of hydrogen-bond donors (Lipinski definition) is 2. The zero-order valence-corrected chi connectivity index (χ0v) is 16.2. The summed E-state index contributed by atoms with van der Waals surface area (Å²) in [6, 6.07) is 12.7. The number of ether oxygens (including phenoxy) is 1. The number of carbonyl (C=O) groups excluding carboxylic acids is 2. The quantitative estimate of drug-likeness (QED) is 0.808. The maximum absolute atomic E-state index is 12.5. The highest BCUT2D eigenvalue weighted by atomic mass is 16.6. The molecule has 0 saturated carbocycles. The standard InChI is InChI=1S/C21H23N5O3/c1-2-29-21(28)26-11-9-17(10-12-26)24-20(27)16-7-8-19(23-14-16)25-18-6-4-3-5-15(18)13-22/h3-8,14,17H,2,9-12H2,1H3,(H,23,25)(H,24,27). The first-order valence-corrected chi connectivity index (χ1v) is 9.55. The first kappa shape index (κ1) is 20.1. The van der Waals surface area contributed by atoms with E-state index in [9.17, 15) is 9.59 Å². The van der Waals surface area contributed by atoms with Crippen molar-refractivity contribution in [3.05, 3.63) is 53.7 Å². The normalized spacial score (nSPS) is 14.0. The molecular weight excluding hydrogens is 370 g/mol. The Kier molecular flexibility index (Phi) is 6.63. The highest BCUT2D eigenvalue weighted by Gasteiger charge is 2.24. The Morgan fingerprint density at radius 2 is 2.00 bits per heavy atom. The summed E-state index contributed by atoms with van der Waals surface area (Å²) in [5, 5.41) is 15.2. The number of para-hydroxylation sites is 1. The molecule has 1 aliphatic heterocycles. The topological polar surface area (TPSA) is 107 Å². The highest BCUT2D eigenvalue weighted by Crippen LogP contribution is 2.19. The summed E-state index contributed by atoms with van der Waals surface area (Å²) < 4.78 is 5.00. The van der Waals surface area contributed by atoms with Crippen LogP contribution in [0.2, 0.25) is 0 Å². The van der Waals surface area contributed by atoms with Crippen LogP contribution in [0.3, 0.4) is 0 Å². The minimum Gasteiger partial charge on any atom is -0.450 e. The average molecular weight is 393 g/mol. The van der Waals surface area contributed by atoms with Gasteiger partial charge in [0.15, 0.2) is 0 Å². The second-order valence-electron chi connectivity index (χ2n) is 6.65. The molecule has 0 unspecified atom stereocenters. The van der Waals surface area contributed by atoms with Crippen LogP contribution in [0, 0.1) is 11.3 Å². The van der Waals surface area contributed by atoms with E-state index in [0.29, 0.717) is 55.2 Å². The minimum atomic E-state index is -0.303. The molecule has 8 nitrogen and oxygen atoms in total. The van der Waals surface area contributed by atoms with Gasteiger partial charge in [-0.2, -0.15) is 5.26 Å². The molecule has 1 fully saturated rings. The fraction of sp³-hybridized carbons (Fsp3) is 0.333. The van der Waals surface area contributed by atoms with E-state index in [2.05, 4.69) is 21.7 Å². The molecule has 8 heteroatoms. The summed E-state index contributed by atoms with van der Waals surface area (Å²) in [5.74, 6) is 0.350. The zero-order chi connectivity index (χ0) is 20.6. The molecule has 2 N–H and O–H groups in total. The molecule has 150 valence electrons. The molecule has 1 saturated heterocycles. The lowest BCUT2D eigenvalue weighted by molar-refractivity contribution is 0.0860. The molecule has 1 aromatic heterocycles. The van der Waals surface area contributed by atoms with Crippen LogP contribution in [0.15, 0.2) is 42.6 Å². The largest absolute Gasteiger partial charge is 0.450 e. The number of carbonyl (C=O) groups is 2. The number of pyridine rings is 1. The van der Waals surface area contributed by atoms with Gasteiger partial charge in [0.25, 0.3) is 5.91 Å². The van der Waals surface area contributed by atoms with Gasteiger partial charge in [-0.25, -0.2) is 9.78 Å². The van der Waals surface area contributed by atoms with E-state index in [1.54, 1.807) is 42.2 Å². The number of rotatable bonds is 5. The van der Waals surface area contributed by atoms with Gasteiger partial charge in [-0.3, -0.25) is 4.79 Å². The summed E-state index contributed by atoms with van der Waals surface area (Å²) >= 11 is 0. The van der Waals surface area contributed by atoms with E-state index < -0.39 is 0 Å². The molecule has 0 bridgehead atoms.